The number of ether oxygens (including phenoxy) is 1. The number of nitrogens with one attached hydrogen (secondary N) is 2. The summed E-state index contributed by atoms with van der Waals surface area (Å²) in [4.78, 5) is 28.4. The number of aromatic nitrogens is 4. The monoisotopic (exact) mass is 577 g/mol. The van der Waals surface area contributed by atoms with Gasteiger partial charge in [0.25, 0.3) is 0 Å². The largest absolute Gasteiger partial charge is 0.445 e. The van der Waals surface area contributed by atoms with Crippen molar-refractivity contribution in [1.82, 2.24) is 24.4 Å². The third-order valence-electron chi connectivity index (χ3n) is 8.41. The highest BCUT2D eigenvalue weighted by atomic mass is 16.6. The van der Waals surface area contributed by atoms with E-state index in [1.807, 2.05) is 45.9 Å². The van der Waals surface area contributed by atoms with Crippen LogP contribution in [0.15, 0.2) is 91.4 Å². The average Bonchev–Trinajstić information content (AvgIpc) is 3.47. The Kier molecular flexibility index (Phi) is 8.67. The van der Waals surface area contributed by atoms with Gasteiger partial charge in [-0.3, -0.25) is 4.57 Å². The minimum absolute atomic E-state index is 0.191. The molecular formula is C34H39N7O2. The first-order chi connectivity index (χ1) is 21.0. The van der Waals surface area contributed by atoms with E-state index in [1.54, 1.807) is 12.5 Å². The number of hydrogen-bond donors (Lipinski definition) is 2. The number of piperidine rings is 1. The second-order valence-corrected chi connectivity index (χ2v) is 11.6. The summed E-state index contributed by atoms with van der Waals surface area (Å²) >= 11 is 0. The molecule has 1 aliphatic carbocycles. The van der Waals surface area contributed by atoms with Crippen molar-refractivity contribution >= 4 is 28.8 Å². The molecule has 43 heavy (non-hydrogen) atoms. The molecular weight excluding hydrogens is 538 g/mol. The highest BCUT2D eigenvalue weighted by molar-refractivity contribution is 5.81. The van der Waals surface area contributed by atoms with Crippen LogP contribution in [0.25, 0.3) is 16.9 Å². The van der Waals surface area contributed by atoms with E-state index in [1.165, 1.54) is 0 Å². The quantitative estimate of drug-likeness (QED) is 0.236. The fourth-order valence-corrected chi connectivity index (χ4v) is 5.99. The number of anilines is 2. The van der Waals surface area contributed by atoms with E-state index in [4.69, 9.17) is 9.72 Å². The second-order valence-electron chi connectivity index (χ2n) is 11.6. The number of allylic oxidation sites excluding steroid dienone is 3. The van der Waals surface area contributed by atoms with Gasteiger partial charge in [0.05, 0.1) is 11.0 Å². The lowest BCUT2D eigenvalue weighted by Crippen LogP contribution is -2.42. The minimum atomic E-state index is -0.240. The molecule has 2 N–H and O–H groups in total. The van der Waals surface area contributed by atoms with Crippen LogP contribution >= 0.6 is 0 Å². The number of benzene rings is 2. The van der Waals surface area contributed by atoms with Crippen molar-refractivity contribution in [3.05, 3.63) is 97.0 Å². The first-order valence-corrected chi connectivity index (χ1v) is 15.1. The van der Waals surface area contributed by atoms with E-state index in [0.717, 1.165) is 54.0 Å². The molecule has 1 saturated heterocycles. The summed E-state index contributed by atoms with van der Waals surface area (Å²) in [5.74, 6) is 2.55. The van der Waals surface area contributed by atoms with Crippen molar-refractivity contribution < 1.29 is 9.53 Å². The van der Waals surface area contributed by atoms with E-state index >= 15 is 0 Å². The lowest BCUT2D eigenvalue weighted by Gasteiger charge is -2.32. The number of rotatable bonds is 9. The van der Waals surface area contributed by atoms with Gasteiger partial charge in [-0.05, 0) is 61.4 Å². The standard InChI is InChI=1S/C34H39N7O2/c1-24-9-6-7-13-29(24)25(2)38-33-35-17-16-32(39-33)41-23-37-30-19-28(14-15-31(30)41)36-20-27-12-8-18-40(21-27)34(42)43-22-26-10-4-3-5-11-26/h3-7,9-11,13-17,19,23-25,27,29,36H,8,12,18,20-22H2,1-2H3,(H,35,38,39)/t24?,25-,27?,29?/m0/s1. The SMILES string of the molecule is CC1C=CC=CC1[C@H](C)Nc1nccc(-n2cnc3cc(NCC4CCCN(C(=O)OCc5ccccc5)C4)ccc32)n1. The fraction of sp³-hybridized carbons (Fsp3) is 0.353. The number of fused-ring (bicyclic) bond motifs is 1. The maximum Gasteiger partial charge on any atom is 0.410 e. The number of carbonyl (C=O) groups is 1. The van der Waals surface area contributed by atoms with Crippen LogP contribution in [0.3, 0.4) is 0 Å². The van der Waals surface area contributed by atoms with Crippen molar-refractivity contribution in [3.63, 3.8) is 0 Å². The summed E-state index contributed by atoms with van der Waals surface area (Å²) in [5, 5.41) is 7.05. The molecule has 1 fully saturated rings. The van der Waals surface area contributed by atoms with Crippen LogP contribution in [-0.4, -0.2) is 56.2 Å². The van der Waals surface area contributed by atoms with E-state index in [9.17, 15) is 4.79 Å². The molecule has 0 saturated carbocycles. The van der Waals surface area contributed by atoms with Crippen molar-refractivity contribution in [2.24, 2.45) is 17.8 Å². The number of carbonyl (C=O) groups excluding carboxylic acids is 1. The normalized spacial score (nSPS) is 20.6. The maximum absolute atomic E-state index is 12.7. The number of nitrogens with zero attached hydrogens (tertiary/aromatic N) is 5. The second kappa shape index (κ2) is 13.1. The summed E-state index contributed by atoms with van der Waals surface area (Å²) in [7, 11) is 0. The van der Waals surface area contributed by atoms with Gasteiger partial charge in [-0.15, -0.1) is 0 Å². The molecule has 1 amide bonds. The molecule has 9 heteroatoms. The molecule has 6 rings (SSSR count). The Bertz CT molecular complexity index is 1600. The van der Waals surface area contributed by atoms with Gasteiger partial charge in [-0.2, -0.15) is 4.98 Å². The van der Waals surface area contributed by atoms with Crippen molar-refractivity contribution in [1.29, 1.82) is 0 Å². The Hall–Kier alpha value is -4.66. The van der Waals surface area contributed by atoms with Crippen LogP contribution in [0.1, 0.15) is 32.3 Å². The lowest BCUT2D eigenvalue weighted by molar-refractivity contribution is 0.0804. The molecule has 2 aliphatic rings. The Balaban J connectivity index is 1.05. The van der Waals surface area contributed by atoms with Gasteiger partial charge in [0.15, 0.2) is 0 Å². The minimum Gasteiger partial charge on any atom is -0.445 e. The Labute approximate surface area is 252 Å². The van der Waals surface area contributed by atoms with Gasteiger partial charge in [0.2, 0.25) is 5.95 Å². The van der Waals surface area contributed by atoms with Crippen LogP contribution in [0, 0.1) is 17.8 Å². The van der Waals surface area contributed by atoms with Crippen molar-refractivity contribution in [3.8, 4) is 5.82 Å². The van der Waals surface area contributed by atoms with E-state index in [0.29, 0.717) is 36.9 Å². The van der Waals surface area contributed by atoms with E-state index in [-0.39, 0.29) is 12.1 Å². The molecule has 9 nitrogen and oxygen atoms in total. The molecule has 4 aromatic rings. The zero-order chi connectivity index (χ0) is 29.6. The summed E-state index contributed by atoms with van der Waals surface area (Å²) < 4.78 is 7.55. The van der Waals surface area contributed by atoms with Gasteiger partial charge >= 0.3 is 6.09 Å². The third-order valence-corrected chi connectivity index (χ3v) is 8.41. The first-order valence-electron chi connectivity index (χ1n) is 15.1. The predicted octanol–water partition coefficient (Wildman–Crippen LogP) is 6.45. The van der Waals surface area contributed by atoms with Crippen LogP contribution in [0.4, 0.5) is 16.4 Å². The molecule has 0 spiro atoms. The Morgan fingerprint density at radius 2 is 1.95 bits per heavy atom. The number of likely N-dealkylation sites (tertiary alicyclic amines) is 1. The van der Waals surface area contributed by atoms with Crippen LogP contribution in [0.5, 0.6) is 0 Å². The number of imidazole rings is 1. The number of hydrogen-bond acceptors (Lipinski definition) is 7. The summed E-state index contributed by atoms with van der Waals surface area (Å²) in [6.07, 6.45) is 14.1. The van der Waals surface area contributed by atoms with Gasteiger partial charge in [-0.25, -0.2) is 14.8 Å². The zero-order valence-corrected chi connectivity index (χ0v) is 24.8. The molecule has 1 aliphatic heterocycles. The van der Waals surface area contributed by atoms with Crippen LogP contribution in [0.2, 0.25) is 0 Å². The molecule has 2 aromatic carbocycles. The summed E-state index contributed by atoms with van der Waals surface area (Å²) in [6, 6.07) is 18.1. The Morgan fingerprint density at radius 1 is 1.09 bits per heavy atom. The predicted molar refractivity (Wildman–Crippen MR) is 170 cm³/mol. The molecule has 2 aromatic heterocycles. The van der Waals surface area contributed by atoms with Gasteiger partial charge < -0.3 is 20.3 Å². The highest BCUT2D eigenvalue weighted by Gasteiger charge is 2.25. The number of amides is 1. The van der Waals surface area contributed by atoms with Gasteiger partial charge in [0.1, 0.15) is 18.8 Å². The van der Waals surface area contributed by atoms with E-state index < -0.39 is 0 Å². The maximum atomic E-state index is 12.7. The van der Waals surface area contributed by atoms with Crippen molar-refractivity contribution in [2.75, 3.05) is 30.3 Å². The summed E-state index contributed by atoms with van der Waals surface area (Å²) in [6.45, 7) is 6.90. The third kappa shape index (κ3) is 6.88. The van der Waals surface area contributed by atoms with Crippen molar-refractivity contribution in [2.45, 2.75) is 39.3 Å². The summed E-state index contributed by atoms with van der Waals surface area (Å²) in [5.41, 5.74) is 3.86. The zero-order valence-electron chi connectivity index (χ0n) is 24.8. The molecule has 0 bridgehead atoms. The first kappa shape index (κ1) is 28.5. The lowest BCUT2D eigenvalue weighted by atomic mass is 9.85. The fourth-order valence-electron chi connectivity index (χ4n) is 5.99. The molecule has 4 atom stereocenters. The highest BCUT2D eigenvalue weighted by Crippen LogP contribution is 2.26. The average molecular weight is 578 g/mol. The molecule has 0 radical (unpaired) electrons. The van der Waals surface area contributed by atoms with Gasteiger partial charge in [0, 0.05) is 43.5 Å². The molecule has 3 heterocycles. The molecule has 3 unspecified atom stereocenters. The van der Waals surface area contributed by atoms with Crippen LogP contribution in [-0.2, 0) is 11.3 Å². The molecule has 222 valence electrons. The Morgan fingerprint density at radius 3 is 2.81 bits per heavy atom. The van der Waals surface area contributed by atoms with Gasteiger partial charge in [-0.1, -0.05) is 61.6 Å². The van der Waals surface area contributed by atoms with E-state index in [2.05, 4.69) is 77.0 Å². The smallest absolute Gasteiger partial charge is 0.410 e. The topological polar surface area (TPSA) is 97.2 Å². The van der Waals surface area contributed by atoms with Crippen LogP contribution < -0.4 is 10.6 Å².